The first-order valence-electron chi connectivity index (χ1n) is 7.80. The van der Waals surface area contributed by atoms with Crippen LogP contribution in [0.25, 0.3) is 0 Å². The molecule has 1 atom stereocenters. The zero-order chi connectivity index (χ0) is 18.0. The van der Waals surface area contributed by atoms with Crippen molar-refractivity contribution < 1.29 is 17.2 Å². The fraction of sp³-hybridized carbons (Fsp3) is 0.294. The van der Waals surface area contributed by atoms with Gasteiger partial charge in [-0.05, 0) is 70.7 Å². The van der Waals surface area contributed by atoms with Gasteiger partial charge in [0.1, 0.15) is 11.6 Å². The molecule has 0 spiro atoms. The summed E-state index contributed by atoms with van der Waals surface area (Å²) in [4.78, 5) is 2.12. The van der Waals surface area contributed by atoms with Gasteiger partial charge in [0.15, 0.2) is 0 Å². The van der Waals surface area contributed by atoms with E-state index in [4.69, 9.17) is 0 Å². The molecule has 4 nitrogen and oxygen atoms in total. The number of rotatable bonds is 5. The SMILES string of the molecule is O=S(=O)(NCC1CCN(c2ccc(F)cc2)C1)c1ccc(F)cc1Br. The Morgan fingerprint density at radius 1 is 1.12 bits per heavy atom. The highest BCUT2D eigenvalue weighted by Crippen LogP contribution is 2.25. The second kappa shape index (κ2) is 7.39. The van der Waals surface area contributed by atoms with Crippen LogP contribution in [0.4, 0.5) is 14.5 Å². The summed E-state index contributed by atoms with van der Waals surface area (Å²) in [5.74, 6) is -0.632. The topological polar surface area (TPSA) is 49.4 Å². The van der Waals surface area contributed by atoms with Crippen LogP contribution in [-0.2, 0) is 10.0 Å². The normalized spacial score (nSPS) is 17.9. The maximum Gasteiger partial charge on any atom is 0.241 e. The van der Waals surface area contributed by atoms with Crippen LogP contribution in [0.3, 0.4) is 0 Å². The molecule has 0 aromatic heterocycles. The fourth-order valence-electron chi connectivity index (χ4n) is 2.88. The number of anilines is 1. The molecule has 25 heavy (non-hydrogen) atoms. The van der Waals surface area contributed by atoms with Gasteiger partial charge in [-0.3, -0.25) is 0 Å². The van der Waals surface area contributed by atoms with Crippen molar-refractivity contribution in [3.63, 3.8) is 0 Å². The van der Waals surface area contributed by atoms with Crippen molar-refractivity contribution in [2.75, 3.05) is 24.5 Å². The molecule has 2 aromatic rings. The van der Waals surface area contributed by atoms with Gasteiger partial charge < -0.3 is 4.90 Å². The number of hydrogen-bond acceptors (Lipinski definition) is 3. The lowest BCUT2D eigenvalue weighted by molar-refractivity contribution is 0.541. The minimum absolute atomic E-state index is 0.0160. The molecule has 1 saturated heterocycles. The minimum Gasteiger partial charge on any atom is -0.371 e. The molecule has 1 N–H and O–H groups in total. The summed E-state index contributed by atoms with van der Waals surface area (Å²) in [5, 5.41) is 0. The standard InChI is InChI=1S/C17H17BrF2N2O2S/c18-16-9-14(20)3-6-17(16)25(23,24)21-10-12-7-8-22(11-12)15-4-1-13(19)2-5-15/h1-6,9,12,21H,7-8,10-11H2. The van der Waals surface area contributed by atoms with Crippen LogP contribution in [0.2, 0.25) is 0 Å². The summed E-state index contributed by atoms with van der Waals surface area (Å²) in [7, 11) is -3.71. The fourth-order valence-corrected chi connectivity index (χ4v) is 5.05. The summed E-state index contributed by atoms with van der Waals surface area (Å²) in [5.41, 5.74) is 0.924. The van der Waals surface area contributed by atoms with Crippen molar-refractivity contribution in [3.8, 4) is 0 Å². The van der Waals surface area contributed by atoms with Crippen LogP contribution in [0.1, 0.15) is 6.42 Å². The van der Waals surface area contributed by atoms with E-state index in [-0.39, 0.29) is 21.1 Å². The second-order valence-electron chi connectivity index (χ2n) is 6.00. The van der Waals surface area contributed by atoms with Crippen LogP contribution in [0.15, 0.2) is 51.8 Å². The molecule has 0 bridgehead atoms. The predicted molar refractivity (Wildman–Crippen MR) is 96.0 cm³/mol. The molecule has 1 aliphatic heterocycles. The van der Waals surface area contributed by atoms with E-state index >= 15 is 0 Å². The first kappa shape index (κ1) is 18.3. The predicted octanol–water partition coefficient (Wildman–Crippen LogP) is 3.53. The Kier molecular flexibility index (Phi) is 5.41. The van der Waals surface area contributed by atoms with Crippen LogP contribution in [0.5, 0.6) is 0 Å². The van der Waals surface area contributed by atoms with Crippen molar-refractivity contribution in [1.29, 1.82) is 0 Å². The third kappa shape index (κ3) is 4.37. The number of nitrogens with one attached hydrogen (secondary N) is 1. The lowest BCUT2D eigenvalue weighted by Gasteiger charge is -2.19. The first-order valence-corrected chi connectivity index (χ1v) is 10.1. The molecule has 0 saturated carbocycles. The highest BCUT2D eigenvalue weighted by atomic mass is 79.9. The molecular weight excluding hydrogens is 414 g/mol. The molecule has 134 valence electrons. The van der Waals surface area contributed by atoms with E-state index in [0.29, 0.717) is 13.1 Å². The second-order valence-corrected chi connectivity index (χ2v) is 8.59. The van der Waals surface area contributed by atoms with Crippen molar-refractivity contribution in [2.24, 2.45) is 5.92 Å². The molecule has 1 unspecified atom stereocenters. The van der Waals surface area contributed by atoms with Gasteiger partial charge in [0, 0.05) is 29.8 Å². The number of nitrogens with zero attached hydrogens (tertiary/aromatic N) is 1. The van der Waals surface area contributed by atoms with Gasteiger partial charge in [0.2, 0.25) is 10.0 Å². The molecule has 8 heteroatoms. The van der Waals surface area contributed by atoms with E-state index in [0.717, 1.165) is 30.8 Å². The summed E-state index contributed by atoms with van der Waals surface area (Å²) in [6.07, 6.45) is 0.838. The number of sulfonamides is 1. The van der Waals surface area contributed by atoms with Gasteiger partial charge in [0.25, 0.3) is 0 Å². The van der Waals surface area contributed by atoms with Crippen molar-refractivity contribution >= 4 is 31.6 Å². The van der Waals surface area contributed by atoms with Crippen LogP contribution < -0.4 is 9.62 Å². The molecule has 1 fully saturated rings. The highest BCUT2D eigenvalue weighted by Gasteiger charge is 2.25. The third-order valence-electron chi connectivity index (χ3n) is 4.22. The molecule has 0 amide bonds. The van der Waals surface area contributed by atoms with Crippen LogP contribution in [-0.4, -0.2) is 28.1 Å². The number of halogens is 3. The Hall–Kier alpha value is -1.51. The van der Waals surface area contributed by atoms with Gasteiger partial charge in [-0.1, -0.05) is 0 Å². The Balaban J connectivity index is 1.61. The maximum atomic E-state index is 13.1. The van der Waals surface area contributed by atoms with E-state index in [9.17, 15) is 17.2 Å². The Morgan fingerprint density at radius 3 is 2.48 bits per heavy atom. The maximum absolute atomic E-state index is 13.1. The van der Waals surface area contributed by atoms with Gasteiger partial charge in [-0.15, -0.1) is 0 Å². The lowest BCUT2D eigenvalue weighted by Crippen LogP contribution is -2.31. The van der Waals surface area contributed by atoms with Crippen LogP contribution >= 0.6 is 15.9 Å². The van der Waals surface area contributed by atoms with E-state index in [1.54, 1.807) is 12.1 Å². The summed E-state index contributed by atoms with van der Waals surface area (Å²) < 4.78 is 53.7. The first-order chi connectivity index (χ1) is 11.8. The molecule has 0 aliphatic carbocycles. The summed E-state index contributed by atoms with van der Waals surface area (Å²) in [6.45, 7) is 1.78. The quantitative estimate of drug-likeness (QED) is 0.788. The molecule has 1 heterocycles. The molecule has 1 aliphatic rings. The van der Waals surface area contributed by atoms with E-state index in [1.165, 1.54) is 18.2 Å². The third-order valence-corrected chi connectivity index (χ3v) is 6.62. The Bertz CT molecular complexity index is 859. The van der Waals surface area contributed by atoms with E-state index in [1.807, 2.05) is 0 Å². The van der Waals surface area contributed by atoms with Crippen molar-refractivity contribution in [2.45, 2.75) is 11.3 Å². The Labute approximate surface area is 154 Å². The van der Waals surface area contributed by atoms with Gasteiger partial charge in [0.05, 0.1) is 4.90 Å². The average molecular weight is 431 g/mol. The van der Waals surface area contributed by atoms with Gasteiger partial charge >= 0.3 is 0 Å². The molecule has 3 rings (SSSR count). The highest BCUT2D eigenvalue weighted by molar-refractivity contribution is 9.10. The zero-order valence-corrected chi connectivity index (χ0v) is 15.7. The van der Waals surface area contributed by atoms with Crippen LogP contribution in [0, 0.1) is 17.6 Å². The summed E-state index contributed by atoms with van der Waals surface area (Å²) >= 11 is 3.08. The monoisotopic (exact) mass is 430 g/mol. The van der Waals surface area contributed by atoms with Crippen molar-refractivity contribution in [3.05, 3.63) is 58.6 Å². The lowest BCUT2D eigenvalue weighted by atomic mass is 10.1. The van der Waals surface area contributed by atoms with E-state index in [2.05, 4.69) is 25.6 Å². The molecule has 0 radical (unpaired) electrons. The Morgan fingerprint density at radius 2 is 1.80 bits per heavy atom. The average Bonchev–Trinajstić information content (AvgIpc) is 3.02. The summed E-state index contributed by atoms with van der Waals surface area (Å²) in [6, 6.07) is 9.75. The largest absolute Gasteiger partial charge is 0.371 e. The van der Waals surface area contributed by atoms with Gasteiger partial charge in [-0.25, -0.2) is 21.9 Å². The molecule has 2 aromatic carbocycles. The molecular formula is C17H17BrF2N2O2S. The van der Waals surface area contributed by atoms with E-state index < -0.39 is 15.8 Å². The zero-order valence-electron chi connectivity index (χ0n) is 13.3. The smallest absolute Gasteiger partial charge is 0.241 e. The number of hydrogen-bond donors (Lipinski definition) is 1. The minimum atomic E-state index is -3.71. The van der Waals surface area contributed by atoms with Gasteiger partial charge in [-0.2, -0.15) is 0 Å². The number of benzene rings is 2. The van der Waals surface area contributed by atoms with Crippen molar-refractivity contribution in [1.82, 2.24) is 4.72 Å².